The molecule has 0 fully saturated rings. The quantitative estimate of drug-likeness (QED) is 0.621. The third kappa shape index (κ3) is 1.25. The van der Waals surface area contributed by atoms with Gasteiger partial charge < -0.3 is 0 Å². The first-order chi connectivity index (χ1) is 6.03. The van der Waals surface area contributed by atoms with Gasteiger partial charge in [0.2, 0.25) is 0 Å². The fourth-order valence-corrected chi connectivity index (χ4v) is 3.26. The fraction of sp³-hybridized carbons (Fsp3) is 0.556. The van der Waals surface area contributed by atoms with Gasteiger partial charge in [0.25, 0.3) is 0 Å². The predicted octanol–water partition coefficient (Wildman–Crippen LogP) is 2.90. The maximum Gasteiger partial charge on any atom is 0.137 e. The zero-order valence-electron chi connectivity index (χ0n) is 7.84. The largest absolute Gasteiger partial charge is 0.230 e. The van der Waals surface area contributed by atoms with E-state index in [-0.39, 0.29) is 5.41 Å². The van der Waals surface area contributed by atoms with Crippen LogP contribution in [0.1, 0.15) is 26.3 Å². The van der Waals surface area contributed by atoms with Crippen molar-refractivity contribution < 1.29 is 0 Å². The molecule has 4 heteroatoms. The first-order valence-corrected chi connectivity index (χ1v) is 5.47. The molecule has 1 atom stereocenters. The second kappa shape index (κ2) is 2.85. The van der Waals surface area contributed by atoms with Gasteiger partial charge in [0.1, 0.15) is 16.5 Å². The van der Waals surface area contributed by atoms with Gasteiger partial charge in [-0.1, -0.05) is 32.4 Å². The highest BCUT2D eigenvalue weighted by Crippen LogP contribution is 2.49. The molecule has 70 valence electrons. The fourth-order valence-electron chi connectivity index (χ4n) is 1.50. The Bertz CT molecular complexity index is 351. The first-order valence-electron chi connectivity index (χ1n) is 4.21. The summed E-state index contributed by atoms with van der Waals surface area (Å²) >= 11 is 7.83. The minimum Gasteiger partial charge on any atom is -0.230 e. The van der Waals surface area contributed by atoms with Crippen molar-refractivity contribution >= 4 is 23.4 Å². The Kier molecular flexibility index (Phi) is 2.04. The standard InChI is InChI=1S/C9H11ClN2S/c1-5-9(2,3)6-7(10)11-4-12-8(6)13-5/h4-5H,1-3H3. The van der Waals surface area contributed by atoms with Gasteiger partial charge in [0, 0.05) is 16.2 Å². The maximum absolute atomic E-state index is 6.06. The van der Waals surface area contributed by atoms with Crippen LogP contribution in [0.2, 0.25) is 5.15 Å². The monoisotopic (exact) mass is 214 g/mol. The van der Waals surface area contributed by atoms with E-state index in [0.717, 1.165) is 10.6 Å². The van der Waals surface area contributed by atoms with Crippen molar-refractivity contribution in [1.29, 1.82) is 0 Å². The van der Waals surface area contributed by atoms with Crippen LogP contribution < -0.4 is 0 Å². The SMILES string of the molecule is CC1Sc2ncnc(Cl)c2C1(C)C. The molecule has 1 aromatic heterocycles. The van der Waals surface area contributed by atoms with E-state index < -0.39 is 0 Å². The van der Waals surface area contributed by atoms with Gasteiger partial charge in [-0.3, -0.25) is 0 Å². The molecule has 0 amide bonds. The average Bonchev–Trinajstić information content (AvgIpc) is 2.24. The van der Waals surface area contributed by atoms with Gasteiger partial charge in [-0.25, -0.2) is 9.97 Å². The summed E-state index contributed by atoms with van der Waals surface area (Å²) in [5, 5.41) is 2.15. The number of hydrogen-bond acceptors (Lipinski definition) is 3. The Hall–Kier alpha value is -0.280. The van der Waals surface area contributed by atoms with Crippen molar-refractivity contribution in [3.05, 3.63) is 17.0 Å². The van der Waals surface area contributed by atoms with Gasteiger partial charge in [0.05, 0.1) is 0 Å². The molecule has 1 aromatic rings. The number of fused-ring (bicyclic) bond motifs is 1. The molecular formula is C9H11ClN2S. The number of nitrogens with zero attached hydrogens (tertiary/aromatic N) is 2. The predicted molar refractivity (Wildman–Crippen MR) is 55.4 cm³/mol. The van der Waals surface area contributed by atoms with E-state index in [1.165, 1.54) is 6.33 Å². The van der Waals surface area contributed by atoms with Crippen LogP contribution in [0.5, 0.6) is 0 Å². The molecule has 1 aliphatic heterocycles. The Morgan fingerprint density at radius 2 is 2.15 bits per heavy atom. The Morgan fingerprint density at radius 3 is 2.77 bits per heavy atom. The molecule has 0 aromatic carbocycles. The molecule has 0 radical (unpaired) electrons. The Balaban J connectivity index is 2.63. The lowest BCUT2D eigenvalue weighted by atomic mass is 9.84. The number of hydrogen-bond donors (Lipinski definition) is 0. The van der Waals surface area contributed by atoms with E-state index in [1.54, 1.807) is 11.8 Å². The van der Waals surface area contributed by atoms with E-state index in [4.69, 9.17) is 11.6 Å². The summed E-state index contributed by atoms with van der Waals surface area (Å²) in [5.74, 6) is 0. The van der Waals surface area contributed by atoms with Gasteiger partial charge in [-0.05, 0) is 0 Å². The van der Waals surface area contributed by atoms with E-state index >= 15 is 0 Å². The second-order valence-electron chi connectivity index (χ2n) is 3.83. The van der Waals surface area contributed by atoms with Crippen LogP contribution in [0.15, 0.2) is 11.4 Å². The lowest BCUT2D eigenvalue weighted by Gasteiger charge is -2.23. The highest BCUT2D eigenvalue weighted by Gasteiger charge is 2.40. The van der Waals surface area contributed by atoms with Gasteiger partial charge in [-0.15, -0.1) is 11.8 Å². The summed E-state index contributed by atoms with van der Waals surface area (Å²) in [6.07, 6.45) is 1.53. The second-order valence-corrected chi connectivity index (χ2v) is 5.51. The van der Waals surface area contributed by atoms with Crippen LogP contribution in [0.3, 0.4) is 0 Å². The van der Waals surface area contributed by atoms with E-state index in [2.05, 4.69) is 30.7 Å². The third-order valence-corrected chi connectivity index (χ3v) is 4.48. The van der Waals surface area contributed by atoms with E-state index in [0.29, 0.717) is 10.4 Å². The number of halogens is 1. The Labute approximate surface area is 87.1 Å². The van der Waals surface area contributed by atoms with Crippen molar-refractivity contribution in [2.45, 2.75) is 36.5 Å². The van der Waals surface area contributed by atoms with Gasteiger partial charge in [-0.2, -0.15) is 0 Å². The average molecular weight is 215 g/mol. The van der Waals surface area contributed by atoms with E-state index in [9.17, 15) is 0 Å². The summed E-state index contributed by atoms with van der Waals surface area (Å²) in [5.41, 5.74) is 1.19. The normalized spacial score (nSPS) is 24.5. The highest BCUT2D eigenvalue weighted by atomic mass is 35.5. The molecule has 0 bridgehead atoms. The summed E-state index contributed by atoms with van der Waals surface area (Å²) in [4.78, 5) is 8.26. The molecule has 0 N–H and O–H groups in total. The summed E-state index contributed by atoms with van der Waals surface area (Å²) in [7, 11) is 0. The lowest BCUT2D eigenvalue weighted by Crippen LogP contribution is -2.24. The molecule has 13 heavy (non-hydrogen) atoms. The molecular weight excluding hydrogens is 204 g/mol. The lowest BCUT2D eigenvalue weighted by molar-refractivity contribution is 0.522. The summed E-state index contributed by atoms with van der Waals surface area (Å²) in [6.45, 7) is 6.57. The molecule has 2 heterocycles. The number of rotatable bonds is 0. The first kappa shape index (κ1) is 9.28. The topological polar surface area (TPSA) is 25.8 Å². The molecule has 0 aliphatic carbocycles. The molecule has 0 saturated carbocycles. The van der Waals surface area contributed by atoms with Crippen LogP contribution in [0.25, 0.3) is 0 Å². The zero-order valence-corrected chi connectivity index (χ0v) is 9.41. The zero-order chi connectivity index (χ0) is 9.64. The van der Waals surface area contributed by atoms with Crippen molar-refractivity contribution in [1.82, 2.24) is 9.97 Å². The highest BCUT2D eigenvalue weighted by molar-refractivity contribution is 8.00. The van der Waals surface area contributed by atoms with Crippen molar-refractivity contribution in [3.8, 4) is 0 Å². The summed E-state index contributed by atoms with van der Waals surface area (Å²) in [6, 6.07) is 0. The van der Waals surface area contributed by atoms with Crippen LogP contribution in [0, 0.1) is 0 Å². The van der Waals surface area contributed by atoms with Crippen molar-refractivity contribution in [2.75, 3.05) is 0 Å². The van der Waals surface area contributed by atoms with Gasteiger partial charge >= 0.3 is 0 Å². The van der Waals surface area contributed by atoms with Crippen molar-refractivity contribution in [2.24, 2.45) is 0 Å². The molecule has 0 spiro atoms. The molecule has 0 saturated heterocycles. The van der Waals surface area contributed by atoms with Crippen molar-refractivity contribution in [3.63, 3.8) is 0 Å². The smallest absolute Gasteiger partial charge is 0.137 e. The van der Waals surface area contributed by atoms with Crippen LogP contribution in [-0.4, -0.2) is 15.2 Å². The molecule has 1 unspecified atom stereocenters. The van der Waals surface area contributed by atoms with Crippen LogP contribution >= 0.6 is 23.4 Å². The number of thioether (sulfide) groups is 1. The van der Waals surface area contributed by atoms with Crippen LogP contribution in [-0.2, 0) is 5.41 Å². The third-order valence-electron chi connectivity index (χ3n) is 2.72. The molecule has 2 nitrogen and oxygen atoms in total. The van der Waals surface area contributed by atoms with E-state index in [1.807, 2.05) is 0 Å². The Morgan fingerprint density at radius 1 is 1.46 bits per heavy atom. The van der Waals surface area contributed by atoms with Crippen LogP contribution in [0.4, 0.5) is 0 Å². The number of aromatic nitrogens is 2. The molecule has 1 aliphatic rings. The van der Waals surface area contributed by atoms with Gasteiger partial charge in [0.15, 0.2) is 0 Å². The minimum atomic E-state index is 0.0817. The minimum absolute atomic E-state index is 0.0817. The maximum atomic E-state index is 6.06. The summed E-state index contributed by atoms with van der Waals surface area (Å²) < 4.78 is 0. The molecule has 2 rings (SSSR count).